The summed E-state index contributed by atoms with van der Waals surface area (Å²) < 4.78 is 21.3. The van der Waals surface area contributed by atoms with E-state index in [0.717, 1.165) is 5.56 Å². The molecule has 29 heavy (non-hydrogen) atoms. The van der Waals surface area contributed by atoms with Crippen molar-refractivity contribution in [3.63, 3.8) is 0 Å². The van der Waals surface area contributed by atoms with Gasteiger partial charge in [-0.1, -0.05) is 23.7 Å². The molecule has 0 saturated heterocycles. The summed E-state index contributed by atoms with van der Waals surface area (Å²) in [5.74, 6) is 0.735. The zero-order valence-corrected chi connectivity index (χ0v) is 15.6. The first-order valence-corrected chi connectivity index (χ1v) is 9.07. The summed E-state index contributed by atoms with van der Waals surface area (Å²) in [6, 6.07) is 13.5. The first-order chi connectivity index (χ1) is 14.2. The van der Waals surface area contributed by atoms with E-state index in [2.05, 4.69) is 25.3 Å². The lowest BCUT2D eigenvalue weighted by molar-refractivity contribution is 0.470. The lowest BCUT2D eigenvalue weighted by Crippen LogP contribution is -2.05. The van der Waals surface area contributed by atoms with Crippen LogP contribution in [0.1, 0.15) is 5.89 Å². The van der Waals surface area contributed by atoms with Gasteiger partial charge in [0.2, 0.25) is 11.8 Å². The van der Waals surface area contributed by atoms with Crippen LogP contribution in [0.3, 0.4) is 0 Å². The Hall–Kier alpha value is -3.65. The Balaban J connectivity index is 1.41. The van der Waals surface area contributed by atoms with E-state index in [1.807, 2.05) is 0 Å². The Bertz CT molecular complexity index is 1270. The molecule has 7 nitrogen and oxygen atoms in total. The lowest BCUT2D eigenvalue weighted by Gasteiger charge is -2.03. The zero-order valence-electron chi connectivity index (χ0n) is 14.8. The third-order valence-corrected chi connectivity index (χ3v) is 4.54. The number of hydrogen-bond acceptors (Lipinski definition) is 6. The van der Waals surface area contributed by atoms with Crippen LogP contribution in [0, 0.1) is 5.82 Å². The molecular weight excluding hydrogens is 395 g/mol. The van der Waals surface area contributed by atoms with Gasteiger partial charge in [-0.15, -0.1) is 10.2 Å². The van der Waals surface area contributed by atoms with Crippen LogP contribution >= 0.6 is 11.6 Å². The minimum absolute atomic E-state index is 0.262. The van der Waals surface area contributed by atoms with E-state index < -0.39 is 0 Å². The minimum atomic E-state index is -0.371. The van der Waals surface area contributed by atoms with Crippen LogP contribution in [0.4, 0.5) is 4.39 Å². The van der Waals surface area contributed by atoms with Gasteiger partial charge in [0.1, 0.15) is 23.7 Å². The van der Waals surface area contributed by atoms with Crippen LogP contribution in [0.5, 0.6) is 0 Å². The molecule has 0 spiro atoms. The van der Waals surface area contributed by atoms with Gasteiger partial charge in [0.25, 0.3) is 0 Å². The maximum absolute atomic E-state index is 14.0. The fourth-order valence-corrected chi connectivity index (χ4v) is 3.00. The molecule has 5 rings (SSSR count). The summed E-state index contributed by atoms with van der Waals surface area (Å²) in [6.07, 6.45) is 3.28. The molecule has 0 amide bonds. The van der Waals surface area contributed by atoms with E-state index in [9.17, 15) is 4.39 Å². The summed E-state index contributed by atoms with van der Waals surface area (Å²) in [7, 11) is 0. The van der Waals surface area contributed by atoms with Crippen LogP contribution in [0.25, 0.3) is 34.2 Å². The Morgan fingerprint density at radius 2 is 1.76 bits per heavy atom. The van der Waals surface area contributed by atoms with Gasteiger partial charge < -0.3 is 4.42 Å². The number of hydrogen-bond donors (Lipinski definition) is 0. The highest BCUT2D eigenvalue weighted by Gasteiger charge is 2.16. The monoisotopic (exact) mass is 406 g/mol. The van der Waals surface area contributed by atoms with Crippen molar-refractivity contribution >= 4 is 11.6 Å². The topological polar surface area (TPSA) is 82.5 Å². The van der Waals surface area contributed by atoms with Crippen molar-refractivity contribution in [1.82, 2.24) is 29.9 Å². The molecule has 2 aliphatic rings. The number of aromatic nitrogens is 6. The van der Waals surface area contributed by atoms with Crippen molar-refractivity contribution in [3.8, 4) is 34.2 Å². The Morgan fingerprint density at radius 1 is 0.966 bits per heavy atom. The van der Waals surface area contributed by atoms with Gasteiger partial charge in [-0.25, -0.2) is 14.4 Å². The number of fused-ring (bicyclic) bond motifs is 1. The highest BCUT2D eigenvalue weighted by molar-refractivity contribution is 6.30. The molecule has 0 fully saturated rings. The normalized spacial score (nSPS) is 11.2. The predicted octanol–water partition coefficient (Wildman–Crippen LogP) is 4.34. The van der Waals surface area contributed by atoms with Gasteiger partial charge in [0.05, 0.1) is 18.0 Å². The van der Waals surface area contributed by atoms with Gasteiger partial charge in [-0.3, -0.25) is 4.68 Å². The minimum Gasteiger partial charge on any atom is -0.419 e. The molecule has 3 heterocycles. The number of nitrogens with zero attached hydrogens (tertiary/aromatic N) is 6. The smallest absolute Gasteiger partial charge is 0.247 e. The maximum atomic E-state index is 14.0. The van der Waals surface area contributed by atoms with Gasteiger partial charge in [0, 0.05) is 10.6 Å². The van der Waals surface area contributed by atoms with Crippen molar-refractivity contribution in [2.75, 3.05) is 0 Å². The molecule has 9 heteroatoms. The van der Waals surface area contributed by atoms with E-state index in [4.69, 9.17) is 16.0 Å². The summed E-state index contributed by atoms with van der Waals surface area (Å²) in [5, 5.41) is 13.0. The van der Waals surface area contributed by atoms with Crippen LogP contribution < -0.4 is 0 Å². The second kappa shape index (κ2) is 7.06. The molecule has 3 aromatic rings. The third-order valence-electron chi connectivity index (χ3n) is 4.28. The molecule has 0 N–H and O–H groups in total. The average Bonchev–Trinajstić information content (AvgIpc) is 3.35. The standard InChI is InChI=1S/C20H12ClFN6O/c21-13-7-5-12(6-8-13)20-27-26-18(29-20)11-28-10-17-16(9-23-28)24-19(25-17)14-3-1-2-4-15(14)22/h1-10H,11H2. The molecule has 2 aromatic carbocycles. The molecule has 0 saturated carbocycles. The maximum Gasteiger partial charge on any atom is 0.247 e. The Labute approximate surface area is 169 Å². The number of rotatable bonds is 4. The summed E-state index contributed by atoms with van der Waals surface area (Å²) in [4.78, 5) is 8.77. The third kappa shape index (κ3) is 3.45. The molecule has 142 valence electrons. The van der Waals surface area contributed by atoms with E-state index >= 15 is 0 Å². The van der Waals surface area contributed by atoms with Crippen molar-refractivity contribution in [2.24, 2.45) is 0 Å². The second-order valence-corrected chi connectivity index (χ2v) is 6.71. The van der Waals surface area contributed by atoms with Gasteiger partial charge in [-0.05, 0) is 36.4 Å². The number of benzene rings is 2. The van der Waals surface area contributed by atoms with E-state index in [1.54, 1.807) is 59.5 Å². The van der Waals surface area contributed by atoms with Crippen LogP contribution in [0.2, 0.25) is 5.02 Å². The quantitative estimate of drug-likeness (QED) is 0.441. The average molecular weight is 407 g/mol. The van der Waals surface area contributed by atoms with Crippen molar-refractivity contribution in [2.45, 2.75) is 6.54 Å². The molecular formula is C20H12ClFN6O. The van der Waals surface area contributed by atoms with Gasteiger partial charge in [0.15, 0.2) is 5.82 Å². The molecule has 0 bridgehead atoms. The summed E-state index contributed by atoms with van der Waals surface area (Å²) >= 11 is 5.90. The largest absolute Gasteiger partial charge is 0.419 e. The zero-order chi connectivity index (χ0) is 19.8. The Morgan fingerprint density at radius 3 is 2.59 bits per heavy atom. The van der Waals surface area contributed by atoms with E-state index in [1.165, 1.54) is 6.07 Å². The Kier molecular flexibility index (Phi) is 4.25. The molecule has 0 radical (unpaired) electrons. The number of imidazole rings is 1. The number of halogens is 2. The highest BCUT2D eigenvalue weighted by Crippen LogP contribution is 2.26. The van der Waals surface area contributed by atoms with Crippen LogP contribution in [-0.2, 0) is 6.54 Å². The van der Waals surface area contributed by atoms with Gasteiger partial charge in [-0.2, -0.15) is 5.10 Å². The molecule has 1 aromatic heterocycles. The summed E-state index contributed by atoms with van der Waals surface area (Å²) in [6.45, 7) is 0.262. The fraction of sp³-hybridized carbons (Fsp3) is 0.0500. The van der Waals surface area contributed by atoms with Crippen molar-refractivity contribution in [1.29, 1.82) is 0 Å². The predicted molar refractivity (Wildman–Crippen MR) is 104 cm³/mol. The van der Waals surface area contributed by atoms with Gasteiger partial charge >= 0.3 is 0 Å². The molecule has 0 atom stereocenters. The van der Waals surface area contributed by atoms with Crippen molar-refractivity contribution < 1.29 is 8.81 Å². The second-order valence-electron chi connectivity index (χ2n) is 6.28. The lowest BCUT2D eigenvalue weighted by atomic mass is 10.2. The molecule has 2 aliphatic heterocycles. The SMILES string of the molecule is Fc1ccccc1-c1nc2cnn(Cc3nnc(-c4ccc(Cl)cc4)o3)cc-2n1. The first-order valence-electron chi connectivity index (χ1n) is 8.69. The fourth-order valence-electron chi connectivity index (χ4n) is 2.88. The highest BCUT2D eigenvalue weighted by atomic mass is 35.5. The van der Waals surface area contributed by atoms with Crippen molar-refractivity contribution in [3.05, 3.63) is 77.7 Å². The van der Waals surface area contributed by atoms with Crippen LogP contribution in [0.15, 0.2) is 65.3 Å². The summed E-state index contributed by atoms with van der Waals surface area (Å²) in [5.41, 5.74) is 2.29. The first kappa shape index (κ1) is 17.4. The molecule has 0 aliphatic carbocycles. The van der Waals surface area contributed by atoms with Crippen LogP contribution in [-0.4, -0.2) is 29.9 Å². The van der Waals surface area contributed by atoms with E-state index in [0.29, 0.717) is 39.6 Å². The molecule has 0 unspecified atom stereocenters. The van der Waals surface area contributed by atoms with E-state index in [-0.39, 0.29) is 12.4 Å².